The van der Waals surface area contributed by atoms with E-state index in [-0.39, 0.29) is 12.2 Å². The number of carbonyl (C=O) groups is 1. The van der Waals surface area contributed by atoms with Crippen molar-refractivity contribution in [3.63, 3.8) is 0 Å². The average Bonchev–Trinajstić information content (AvgIpc) is 3.23. The Hall–Kier alpha value is -3.94. The second kappa shape index (κ2) is 11.2. The number of rotatable bonds is 7. The molecule has 2 heterocycles. The molecule has 8 heteroatoms. The third-order valence-corrected chi connectivity index (χ3v) is 7.51. The highest BCUT2D eigenvalue weighted by Gasteiger charge is 2.33. The summed E-state index contributed by atoms with van der Waals surface area (Å²) in [5, 5.41) is 0.662. The lowest BCUT2D eigenvalue weighted by Gasteiger charge is -2.24. The van der Waals surface area contributed by atoms with Crippen LogP contribution < -0.4 is 19.6 Å². The Balaban J connectivity index is 1.49. The lowest BCUT2D eigenvalue weighted by Crippen LogP contribution is -2.39. The fourth-order valence-corrected chi connectivity index (χ4v) is 5.57. The number of carbonyl (C=O) groups excluding carboxylic acids is 1. The van der Waals surface area contributed by atoms with E-state index in [0.717, 1.165) is 16.7 Å². The third kappa shape index (κ3) is 5.21. The molecule has 1 aliphatic heterocycles. The molecule has 0 aliphatic carbocycles. The maximum atomic E-state index is 13.7. The second-order valence-corrected chi connectivity index (χ2v) is 10.1. The van der Waals surface area contributed by atoms with Gasteiger partial charge in [0, 0.05) is 10.6 Å². The van der Waals surface area contributed by atoms with E-state index in [1.165, 1.54) is 11.3 Å². The van der Waals surface area contributed by atoms with E-state index in [1.54, 1.807) is 18.4 Å². The van der Waals surface area contributed by atoms with E-state index in [0.29, 0.717) is 38.0 Å². The van der Waals surface area contributed by atoms with E-state index in [4.69, 9.17) is 21.1 Å². The molecule has 0 fully saturated rings. The number of hydrogen-bond acceptors (Lipinski definition) is 6. The van der Waals surface area contributed by atoms with Gasteiger partial charge >= 0.3 is 5.97 Å². The van der Waals surface area contributed by atoms with Crippen molar-refractivity contribution in [3.8, 4) is 5.75 Å². The minimum Gasteiger partial charge on any atom is -0.489 e. The lowest BCUT2D eigenvalue weighted by atomic mass is 9.96. The number of halogens is 1. The van der Waals surface area contributed by atoms with Gasteiger partial charge in [0.1, 0.15) is 12.4 Å². The zero-order valence-electron chi connectivity index (χ0n) is 20.9. The van der Waals surface area contributed by atoms with Gasteiger partial charge in [-0.1, -0.05) is 83.6 Å². The number of benzene rings is 3. The van der Waals surface area contributed by atoms with E-state index in [2.05, 4.69) is 4.99 Å². The minimum atomic E-state index is -0.616. The van der Waals surface area contributed by atoms with Crippen LogP contribution in [0.2, 0.25) is 5.02 Å². The van der Waals surface area contributed by atoms with Gasteiger partial charge in [0.2, 0.25) is 0 Å². The molecule has 1 unspecified atom stereocenters. The zero-order chi connectivity index (χ0) is 26.6. The molecule has 3 aromatic carbocycles. The van der Waals surface area contributed by atoms with E-state index in [9.17, 15) is 9.59 Å². The van der Waals surface area contributed by atoms with Crippen LogP contribution in [0.25, 0.3) is 6.08 Å². The fraction of sp³-hybridized carbons (Fsp3) is 0.167. The molecule has 1 aromatic heterocycles. The smallest absolute Gasteiger partial charge is 0.338 e. The number of fused-ring (bicyclic) bond motifs is 1. The number of allylic oxidation sites excluding steroid dienone is 1. The van der Waals surface area contributed by atoms with Crippen LogP contribution in [0.4, 0.5) is 0 Å². The van der Waals surface area contributed by atoms with Crippen molar-refractivity contribution in [2.24, 2.45) is 4.99 Å². The topological polar surface area (TPSA) is 69.9 Å². The summed E-state index contributed by atoms with van der Waals surface area (Å²) in [7, 11) is 0. The van der Waals surface area contributed by atoms with Crippen LogP contribution in [0.3, 0.4) is 0 Å². The first-order valence-corrected chi connectivity index (χ1v) is 13.4. The molecule has 38 heavy (non-hydrogen) atoms. The van der Waals surface area contributed by atoms with Crippen molar-refractivity contribution in [2.75, 3.05) is 6.61 Å². The van der Waals surface area contributed by atoms with Crippen molar-refractivity contribution < 1.29 is 14.3 Å². The van der Waals surface area contributed by atoms with Gasteiger partial charge in [0.05, 0.1) is 28.5 Å². The van der Waals surface area contributed by atoms with Crippen LogP contribution in [-0.2, 0) is 16.1 Å². The highest BCUT2D eigenvalue weighted by molar-refractivity contribution is 7.07. The molecule has 5 rings (SSSR count). The van der Waals surface area contributed by atoms with Crippen LogP contribution in [-0.4, -0.2) is 17.1 Å². The average molecular weight is 545 g/mol. The minimum absolute atomic E-state index is 0.212. The molecule has 4 aromatic rings. The Bertz CT molecular complexity index is 1690. The van der Waals surface area contributed by atoms with Crippen molar-refractivity contribution >= 4 is 35.0 Å². The molecule has 0 spiro atoms. The number of nitrogens with zero attached hydrogens (tertiary/aromatic N) is 2. The van der Waals surface area contributed by atoms with Gasteiger partial charge in [-0.25, -0.2) is 9.79 Å². The van der Waals surface area contributed by atoms with Gasteiger partial charge in [0.15, 0.2) is 4.80 Å². The zero-order valence-corrected chi connectivity index (χ0v) is 22.5. The van der Waals surface area contributed by atoms with Crippen LogP contribution in [0.1, 0.15) is 36.6 Å². The van der Waals surface area contributed by atoms with Gasteiger partial charge in [-0.15, -0.1) is 0 Å². The molecular weight excluding hydrogens is 520 g/mol. The Morgan fingerprint density at radius 1 is 1.05 bits per heavy atom. The van der Waals surface area contributed by atoms with Crippen molar-refractivity contribution in [2.45, 2.75) is 26.5 Å². The predicted octanol–water partition coefficient (Wildman–Crippen LogP) is 5.03. The highest BCUT2D eigenvalue weighted by Crippen LogP contribution is 2.30. The van der Waals surface area contributed by atoms with Crippen LogP contribution in [0.15, 0.2) is 99.9 Å². The number of esters is 1. The highest BCUT2D eigenvalue weighted by atomic mass is 35.5. The van der Waals surface area contributed by atoms with Crippen LogP contribution in [0.5, 0.6) is 5.75 Å². The molecule has 0 saturated heterocycles. The van der Waals surface area contributed by atoms with Gasteiger partial charge < -0.3 is 9.47 Å². The predicted molar refractivity (Wildman–Crippen MR) is 149 cm³/mol. The quantitative estimate of drug-likeness (QED) is 0.306. The summed E-state index contributed by atoms with van der Waals surface area (Å²) < 4.78 is 13.3. The number of hydrogen-bond donors (Lipinski definition) is 0. The number of thiazole rings is 1. The van der Waals surface area contributed by atoms with Crippen LogP contribution in [0, 0.1) is 0 Å². The maximum absolute atomic E-state index is 13.7. The second-order valence-electron chi connectivity index (χ2n) is 8.66. The van der Waals surface area contributed by atoms with Gasteiger partial charge in [-0.3, -0.25) is 9.36 Å². The molecule has 192 valence electrons. The van der Waals surface area contributed by atoms with E-state index in [1.807, 2.05) is 84.9 Å². The molecule has 0 N–H and O–H groups in total. The summed E-state index contributed by atoms with van der Waals surface area (Å²) in [6, 6.07) is 23.9. The van der Waals surface area contributed by atoms with E-state index >= 15 is 0 Å². The largest absolute Gasteiger partial charge is 0.489 e. The van der Waals surface area contributed by atoms with Gasteiger partial charge in [-0.05, 0) is 49.2 Å². The molecule has 0 amide bonds. The van der Waals surface area contributed by atoms with Crippen molar-refractivity contribution in [1.29, 1.82) is 0 Å². The molecule has 0 saturated carbocycles. The number of ether oxygens (including phenoxy) is 2. The fourth-order valence-electron chi connectivity index (χ4n) is 4.33. The standard InChI is InChI=1S/C30H25ClN2O4S/c1-3-36-29(35)26-19(2)32-30-33(27(26)21-9-5-4-6-10-21)28(34)25(38-30)17-20-13-15-23(16-14-20)37-18-22-11-7-8-12-24(22)31/h4-17,27H,3,18H2,1-2H3/b25-17+. The summed E-state index contributed by atoms with van der Waals surface area (Å²) in [5.41, 5.74) is 3.28. The van der Waals surface area contributed by atoms with Crippen molar-refractivity contribution in [1.82, 2.24) is 4.57 Å². The van der Waals surface area contributed by atoms with Gasteiger partial charge in [-0.2, -0.15) is 0 Å². The Labute approximate surface area is 228 Å². The summed E-state index contributed by atoms with van der Waals surface area (Å²) in [5.74, 6) is 0.228. The first-order chi connectivity index (χ1) is 18.5. The monoisotopic (exact) mass is 544 g/mol. The third-order valence-electron chi connectivity index (χ3n) is 6.16. The molecule has 6 nitrogen and oxygen atoms in total. The summed E-state index contributed by atoms with van der Waals surface area (Å²) in [6.07, 6.45) is 1.83. The number of aromatic nitrogens is 1. The Morgan fingerprint density at radius 3 is 2.47 bits per heavy atom. The maximum Gasteiger partial charge on any atom is 0.338 e. The Kier molecular flexibility index (Phi) is 7.58. The molecule has 1 aliphatic rings. The molecule has 0 bridgehead atoms. The molecule has 1 atom stereocenters. The van der Waals surface area contributed by atoms with Gasteiger partial charge in [0.25, 0.3) is 5.56 Å². The molecular formula is C30H25ClN2O4S. The SMILES string of the molecule is CCOC(=O)C1=C(C)N=c2s/c(=C/c3ccc(OCc4ccccc4Cl)cc3)c(=O)n2C1c1ccccc1. The van der Waals surface area contributed by atoms with Crippen molar-refractivity contribution in [3.05, 3.63) is 132 Å². The summed E-state index contributed by atoms with van der Waals surface area (Å²) in [4.78, 5) is 31.7. The van der Waals surface area contributed by atoms with E-state index < -0.39 is 12.0 Å². The normalized spacial score (nSPS) is 15.1. The Morgan fingerprint density at radius 2 is 1.76 bits per heavy atom. The summed E-state index contributed by atoms with van der Waals surface area (Å²) in [6.45, 7) is 4.13. The summed E-state index contributed by atoms with van der Waals surface area (Å²) >= 11 is 7.51. The van der Waals surface area contributed by atoms with Crippen LogP contribution >= 0.6 is 22.9 Å². The lowest BCUT2D eigenvalue weighted by molar-refractivity contribution is -0.139. The first kappa shape index (κ1) is 25.7. The first-order valence-electron chi connectivity index (χ1n) is 12.2. The molecule has 0 radical (unpaired) electrons.